The molecule has 1 heterocycles. The van der Waals surface area contributed by atoms with E-state index in [1.165, 1.54) is 12.1 Å². The van der Waals surface area contributed by atoms with Crippen LogP contribution in [0.15, 0.2) is 66.9 Å². The van der Waals surface area contributed by atoms with Crippen LogP contribution in [0.5, 0.6) is 5.88 Å². The number of rotatable bonds is 5. The molecule has 0 saturated carbocycles. The van der Waals surface area contributed by atoms with E-state index in [1.54, 1.807) is 24.4 Å². The summed E-state index contributed by atoms with van der Waals surface area (Å²) in [5.41, 5.74) is 2.73. The fourth-order valence-electron chi connectivity index (χ4n) is 2.25. The first-order valence-corrected chi connectivity index (χ1v) is 7.14. The van der Waals surface area contributed by atoms with Crippen molar-refractivity contribution >= 4 is 6.29 Å². The van der Waals surface area contributed by atoms with Gasteiger partial charge >= 0.3 is 0 Å². The second-order valence-electron chi connectivity index (χ2n) is 5.01. The highest BCUT2D eigenvalue weighted by atomic mass is 19.1. The molecule has 0 amide bonds. The first kappa shape index (κ1) is 14.9. The first-order chi connectivity index (χ1) is 11.3. The second kappa shape index (κ2) is 6.83. The molecule has 3 aromatic rings. The van der Waals surface area contributed by atoms with Crippen molar-refractivity contribution in [1.82, 2.24) is 4.98 Å². The molecule has 3 nitrogen and oxygen atoms in total. The standard InChI is InChI=1S/C19H14FNO2/c20-17-7-8-18(16(10-17)12-22)15-6-9-19(21-11-15)23-13-14-4-2-1-3-5-14/h1-12H,13H2. The Balaban J connectivity index is 1.76. The Morgan fingerprint density at radius 3 is 2.57 bits per heavy atom. The van der Waals surface area contributed by atoms with E-state index in [2.05, 4.69) is 4.98 Å². The van der Waals surface area contributed by atoms with E-state index in [9.17, 15) is 9.18 Å². The number of hydrogen-bond acceptors (Lipinski definition) is 3. The average molecular weight is 307 g/mol. The van der Waals surface area contributed by atoms with Gasteiger partial charge in [0.05, 0.1) is 0 Å². The molecule has 0 bridgehead atoms. The van der Waals surface area contributed by atoms with Crippen LogP contribution in [0.3, 0.4) is 0 Å². The van der Waals surface area contributed by atoms with Crippen molar-refractivity contribution in [1.29, 1.82) is 0 Å². The minimum absolute atomic E-state index is 0.296. The van der Waals surface area contributed by atoms with Crippen molar-refractivity contribution in [2.45, 2.75) is 6.61 Å². The first-order valence-electron chi connectivity index (χ1n) is 7.14. The Morgan fingerprint density at radius 2 is 1.87 bits per heavy atom. The quantitative estimate of drug-likeness (QED) is 0.660. The molecule has 2 aromatic carbocycles. The lowest BCUT2D eigenvalue weighted by Gasteiger charge is -2.08. The highest BCUT2D eigenvalue weighted by molar-refractivity contribution is 5.87. The maximum Gasteiger partial charge on any atom is 0.213 e. The maximum atomic E-state index is 13.2. The van der Waals surface area contributed by atoms with E-state index in [0.29, 0.717) is 29.9 Å². The van der Waals surface area contributed by atoms with E-state index in [0.717, 1.165) is 11.1 Å². The van der Waals surface area contributed by atoms with Crippen molar-refractivity contribution in [2.75, 3.05) is 0 Å². The zero-order valence-corrected chi connectivity index (χ0v) is 12.3. The van der Waals surface area contributed by atoms with E-state index in [4.69, 9.17) is 4.74 Å². The number of ether oxygens (including phenoxy) is 1. The van der Waals surface area contributed by atoms with Crippen LogP contribution in [0.1, 0.15) is 15.9 Å². The van der Waals surface area contributed by atoms with Crippen LogP contribution in [-0.2, 0) is 6.61 Å². The van der Waals surface area contributed by atoms with Crippen molar-refractivity contribution in [3.8, 4) is 17.0 Å². The normalized spacial score (nSPS) is 10.3. The van der Waals surface area contributed by atoms with Crippen LogP contribution < -0.4 is 4.74 Å². The minimum Gasteiger partial charge on any atom is -0.473 e. The topological polar surface area (TPSA) is 39.2 Å². The lowest BCUT2D eigenvalue weighted by molar-refractivity contribution is 0.112. The molecule has 0 saturated heterocycles. The van der Waals surface area contributed by atoms with Gasteiger partial charge in [-0.05, 0) is 29.3 Å². The Morgan fingerprint density at radius 1 is 1.04 bits per heavy atom. The summed E-state index contributed by atoms with van der Waals surface area (Å²) in [6.45, 7) is 0.434. The molecule has 1 aromatic heterocycles. The summed E-state index contributed by atoms with van der Waals surface area (Å²) < 4.78 is 18.8. The third kappa shape index (κ3) is 3.61. The van der Waals surface area contributed by atoms with Gasteiger partial charge in [-0.3, -0.25) is 4.79 Å². The predicted molar refractivity (Wildman–Crippen MR) is 85.8 cm³/mol. The molecule has 4 heteroatoms. The lowest BCUT2D eigenvalue weighted by atomic mass is 10.0. The molecule has 114 valence electrons. The number of hydrogen-bond donors (Lipinski definition) is 0. The van der Waals surface area contributed by atoms with Gasteiger partial charge < -0.3 is 4.74 Å². The monoisotopic (exact) mass is 307 g/mol. The summed E-state index contributed by atoms with van der Waals surface area (Å²) in [5, 5.41) is 0. The summed E-state index contributed by atoms with van der Waals surface area (Å²) in [5.74, 6) is 0.0546. The van der Waals surface area contributed by atoms with Crippen LogP contribution in [-0.4, -0.2) is 11.3 Å². The predicted octanol–water partition coefficient (Wildman–Crippen LogP) is 4.28. The van der Waals surface area contributed by atoms with Gasteiger partial charge in [0.2, 0.25) is 5.88 Å². The smallest absolute Gasteiger partial charge is 0.213 e. The Kier molecular flexibility index (Phi) is 4.43. The zero-order valence-electron chi connectivity index (χ0n) is 12.3. The molecule has 0 spiro atoms. The van der Waals surface area contributed by atoms with Crippen LogP contribution in [0.25, 0.3) is 11.1 Å². The highest BCUT2D eigenvalue weighted by Gasteiger charge is 2.07. The average Bonchev–Trinajstić information content (AvgIpc) is 2.61. The maximum absolute atomic E-state index is 13.2. The molecular weight excluding hydrogens is 293 g/mol. The zero-order chi connectivity index (χ0) is 16.1. The molecule has 0 radical (unpaired) electrons. The molecule has 0 aliphatic carbocycles. The molecule has 3 rings (SSSR count). The molecule has 23 heavy (non-hydrogen) atoms. The van der Waals surface area contributed by atoms with E-state index in [1.807, 2.05) is 30.3 Å². The number of halogens is 1. The van der Waals surface area contributed by atoms with Gasteiger partial charge in [0.15, 0.2) is 6.29 Å². The number of carbonyl (C=O) groups is 1. The molecule has 0 aliphatic heterocycles. The van der Waals surface area contributed by atoms with Gasteiger partial charge in [-0.2, -0.15) is 0 Å². The Hall–Kier alpha value is -3.01. The third-order valence-electron chi connectivity index (χ3n) is 3.42. The summed E-state index contributed by atoms with van der Waals surface area (Å²) in [4.78, 5) is 15.3. The van der Waals surface area contributed by atoms with Crippen LogP contribution >= 0.6 is 0 Å². The lowest BCUT2D eigenvalue weighted by Crippen LogP contribution is -1.97. The van der Waals surface area contributed by atoms with Crippen LogP contribution in [0.2, 0.25) is 0 Å². The SMILES string of the molecule is O=Cc1cc(F)ccc1-c1ccc(OCc2ccccc2)nc1. The van der Waals surface area contributed by atoms with Gasteiger partial charge in [0.25, 0.3) is 0 Å². The molecule has 0 unspecified atom stereocenters. The number of carbonyl (C=O) groups excluding carboxylic acids is 1. The summed E-state index contributed by atoms with van der Waals surface area (Å²) in [6.07, 6.45) is 2.25. The number of nitrogens with zero attached hydrogens (tertiary/aromatic N) is 1. The Labute approximate surface area is 133 Å². The summed E-state index contributed by atoms with van der Waals surface area (Å²) in [6, 6.07) is 17.4. The number of aldehydes is 1. The van der Waals surface area contributed by atoms with Gasteiger partial charge in [-0.15, -0.1) is 0 Å². The summed E-state index contributed by atoms with van der Waals surface area (Å²) in [7, 11) is 0. The summed E-state index contributed by atoms with van der Waals surface area (Å²) >= 11 is 0. The fraction of sp³-hybridized carbons (Fsp3) is 0.0526. The largest absolute Gasteiger partial charge is 0.473 e. The van der Waals surface area contributed by atoms with Gasteiger partial charge in [0.1, 0.15) is 12.4 Å². The van der Waals surface area contributed by atoms with E-state index >= 15 is 0 Å². The number of benzene rings is 2. The van der Waals surface area contributed by atoms with Crippen molar-refractivity contribution < 1.29 is 13.9 Å². The number of pyridine rings is 1. The van der Waals surface area contributed by atoms with Crippen LogP contribution in [0.4, 0.5) is 4.39 Å². The fourth-order valence-corrected chi connectivity index (χ4v) is 2.25. The molecular formula is C19H14FNO2. The van der Waals surface area contributed by atoms with Crippen molar-refractivity contribution in [3.63, 3.8) is 0 Å². The Bertz CT molecular complexity index is 801. The highest BCUT2D eigenvalue weighted by Crippen LogP contribution is 2.24. The van der Waals surface area contributed by atoms with Gasteiger partial charge in [-0.25, -0.2) is 9.37 Å². The van der Waals surface area contributed by atoms with Crippen LogP contribution in [0, 0.1) is 5.82 Å². The van der Waals surface area contributed by atoms with Crippen molar-refractivity contribution in [2.24, 2.45) is 0 Å². The number of aromatic nitrogens is 1. The van der Waals surface area contributed by atoms with Gasteiger partial charge in [0, 0.05) is 23.4 Å². The molecule has 0 fully saturated rings. The third-order valence-corrected chi connectivity index (χ3v) is 3.42. The second-order valence-corrected chi connectivity index (χ2v) is 5.01. The molecule has 0 aliphatic rings. The van der Waals surface area contributed by atoms with E-state index in [-0.39, 0.29) is 0 Å². The molecule has 0 atom stereocenters. The molecule has 0 N–H and O–H groups in total. The van der Waals surface area contributed by atoms with Gasteiger partial charge in [-0.1, -0.05) is 36.4 Å². The van der Waals surface area contributed by atoms with Crippen molar-refractivity contribution in [3.05, 3.63) is 83.8 Å². The minimum atomic E-state index is -0.438. The van der Waals surface area contributed by atoms with E-state index < -0.39 is 5.82 Å².